The number of rotatable bonds is 1. The first kappa shape index (κ1) is 5.77. The number of methoxy groups -OCH3 is 1. The molecule has 1 aliphatic carbocycles. The third kappa shape index (κ3) is 0.574. The minimum absolute atomic E-state index is 0.0185. The molecule has 0 aromatic carbocycles. The molecule has 1 heterocycles. The molecule has 0 radical (unpaired) electrons. The average Bonchev–Trinajstić information content (AvgIpc) is 2.43. The summed E-state index contributed by atoms with van der Waals surface area (Å²) in [6.07, 6.45) is 3.65. The Morgan fingerprint density at radius 2 is 2.50 bits per heavy atom. The molecule has 0 saturated heterocycles. The van der Waals surface area contributed by atoms with Gasteiger partial charge in [-0.1, -0.05) is 0 Å². The molecule has 1 fully saturated rings. The highest BCUT2D eigenvalue weighted by molar-refractivity contribution is 5.78. The second-order valence-corrected chi connectivity index (χ2v) is 2.56. The molecule has 0 unspecified atom stereocenters. The van der Waals surface area contributed by atoms with Crippen LogP contribution in [0.1, 0.15) is 0 Å². The van der Waals surface area contributed by atoms with Crippen molar-refractivity contribution in [1.29, 1.82) is 0 Å². The van der Waals surface area contributed by atoms with E-state index >= 15 is 0 Å². The number of ether oxygens (including phenoxy) is 2. The van der Waals surface area contributed by atoms with E-state index in [2.05, 4.69) is 4.74 Å². The molecule has 0 amide bonds. The molecular weight excluding hydrogens is 132 g/mol. The van der Waals surface area contributed by atoms with E-state index in [0.29, 0.717) is 5.92 Å². The maximum absolute atomic E-state index is 10.9. The van der Waals surface area contributed by atoms with Crippen molar-refractivity contribution in [3.8, 4) is 0 Å². The topological polar surface area (TPSA) is 35.5 Å². The Labute approximate surface area is 58.6 Å². The van der Waals surface area contributed by atoms with Crippen LogP contribution in [0.3, 0.4) is 0 Å². The maximum Gasteiger partial charge on any atom is 0.313 e. The maximum atomic E-state index is 10.9. The molecule has 3 atom stereocenters. The number of esters is 1. The Hall–Kier alpha value is -0.990. The van der Waals surface area contributed by atoms with E-state index < -0.39 is 0 Å². The lowest BCUT2D eigenvalue weighted by atomic mass is 10.3. The molecule has 54 valence electrons. The van der Waals surface area contributed by atoms with E-state index in [-0.39, 0.29) is 18.0 Å². The Kier molecular flexibility index (Phi) is 1.01. The highest BCUT2D eigenvalue weighted by atomic mass is 16.5. The van der Waals surface area contributed by atoms with Gasteiger partial charge in [-0.25, -0.2) is 0 Å². The second-order valence-electron chi connectivity index (χ2n) is 2.56. The molecule has 0 aromatic rings. The van der Waals surface area contributed by atoms with Gasteiger partial charge < -0.3 is 9.47 Å². The Morgan fingerprint density at radius 3 is 3.00 bits per heavy atom. The van der Waals surface area contributed by atoms with Crippen molar-refractivity contribution in [2.24, 2.45) is 11.8 Å². The van der Waals surface area contributed by atoms with E-state index in [4.69, 9.17) is 4.74 Å². The van der Waals surface area contributed by atoms with Gasteiger partial charge in [0.25, 0.3) is 0 Å². The molecule has 0 N–H and O–H groups in total. The summed E-state index contributed by atoms with van der Waals surface area (Å²) in [5.74, 6) is 0.127. The molecule has 1 saturated carbocycles. The zero-order valence-electron chi connectivity index (χ0n) is 5.61. The lowest BCUT2D eigenvalue weighted by molar-refractivity contribution is -0.143. The minimum atomic E-state index is -0.153. The summed E-state index contributed by atoms with van der Waals surface area (Å²) >= 11 is 0. The third-order valence-corrected chi connectivity index (χ3v) is 2.02. The molecule has 3 nitrogen and oxygen atoms in total. The van der Waals surface area contributed by atoms with Crippen molar-refractivity contribution in [1.82, 2.24) is 0 Å². The first-order valence-electron chi connectivity index (χ1n) is 3.24. The van der Waals surface area contributed by atoms with Gasteiger partial charge in [0.2, 0.25) is 0 Å². The fourth-order valence-corrected chi connectivity index (χ4v) is 1.36. The standard InChI is InChI=1S/C7H8O3/c1-9-7(8)5-4-2-3-10-6(4)5/h2-6H,1H3/t4-,5-,6-/m0/s1. The molecule has 2 aliphatic rings. The van der Waals surface area contributed by atoms with E-state index in [1.165, 1.54) is 7.11 Å². The highest BCUT2D eigenvalue weighted by Crippen LogP contribution is 2.47. The molecule has 10 heavy (non-hydrogen) atoms. The number of hydrogen-bond acceptors (Lipinski definition) is 3. The van der Waals surface area contributed by atoms with E-state index in [0.717, 1.165) is 0 Å². The monoisotopic (exact) mass is 140 g/mol. The van der Waals surface area contributed by atoms with Crippen molar-refractivity contribution in [3.63, 3.8) is 0 Å². The van der Waals surface area contributed by atoms with Gasteiger partial charge in [0, 0.05) is 5.92 Å². The summed E-state index contributed by atoms with van der Waals surface area (Å²) < 4.78 is 9.64. The number of carbonyl (C=O) groups is 1. The van der Waals surface area contributed by atoms with Crippen LogP contribution in [-0.4, -0.2) is 19.2 Å². The van der Waals surface area contributed by atoms with Gasteiger partial charge in [0.15, 0.2) is 0 Å². The molecule has 0 aromatic heterocycles. The summed E-state index contributed by atoms with van der Waals surface area (Å²) in [5.41, 5.74) is 0. The van der Waals surface area contributed by atoms with Gasteiger partial charge in [0.1, 0.15) is 12.0 Å². The fraction of sp³-hybridized carbons (Fsp3) is 0.571. The predicted molar refractivity (Wildman–Crippen MR) is 33.0 cm³/mol. The van der Waals surface area contributed by atoms with Gasteiger partial charge in [-0.15, -0.1) is 0 Å². The van der Waals surface area contributed by atoms with Gasteiger partial charge in [0.05, 0.1) is 13.4 Å². The number of hydrogen-bond donors (Lipinski definition) is 0. The van der Waals surface area contributed by atoms with Crippen molar-refractivity contribution in [2.75, 3.05) is 7.11 Å². The van der Waals surface area contributed by atoms with Crippen molar-refractivity contribution in [3.05, 3.63) is 12.3 Å². The zero-order chi connectivity index (χ0) is 7.14. The molecule has 1 aliphatic heterocycles. The zero-order valence-corrected chi connectivity index (χ0v) is 5.61. The first-order valence-corrected chi connectivity index (χ1v) is 3.24. The Morgan fingerprint density at radius 1 is 1.70 bits per heavy atom. The minimum Gasteiger partial charge on any atom is -0.497 e. The summed E-state index contributed by atoms with van der Waals surface area (Å²) in [5, 5.41) is 0. The Balaban J connectivity index is 2.01. The quantitative estimate of drug-likeness (QED) is 0.492. The molecule has 2 rings (SSSR count). The summed E-state index contributed by atoms with van der Waals surface area (Å²) in [6, 6.07) is 0. The molecule has 0 spiro atoms. The first-order chi connectivity index (χ1) is 4.84. The van der Waals surface area contributed by atoms with Gasteiger partial charge in [-0.2, -0.15) is 0 Å². The van der Waals surface area contributed by atoms with E-state index in [1.807, 2.05) is 6.08 Å². The van der Waals surface area contributed by atoms with Crippen LogP contribution in [0.4, 0.5) is 0 Å². The van der Waals surface area contributed by atoms with Crippen LogP contribution in [0.5, 0.6) is 0 Å². The fourth-order valence-electron chi connectivity index (χ4n) is 1.36. The van der Waals surface area contributed by atoms with Gasteiger partial charge in [-0.3, -0.25) is 4.79 Å². The lowest BCUT2D eigenvalue weighted by Gasteiger charge is -1.97. The summed E-state index contributed by atoms with van der Waals surface area (Å²) in [6.45, 7) is 0. The van der Waals surface area contributed by atoms with E-state index in [1.54, 1.807) is 6.26 Å². The van der Waals surface area contributed by atoms with Crippen molar-refractivity contribution >= 4 is 5.97 Å². The third-order valence-electron chi connectivity index (χ3n) is 2.02. The number of carbonyl (C=O) groups excluding carboxylic acids is 1. The van der Waals surface area contributed by atoms with Crippen LogP contribution >= 0.6 is 0 Å². The molecule has 3 heteroatoms. The normalized spacial score (nSPS) is 40.3. The van der Waals surface area contributed by atoms with Crippen molar-refractivity contribution < 1.29 is 14.3 Å². The van der Waals surface area contributed by atoms with Crippen LogP contribution < -0.4 is 0 Å². The SMILES string of the molecule is COC(=O)[C@H]1[C@@H]2C=CO[C@@H]21. The van der Waals surface area contributed by atoms with Crippen molar-refractivity contribution in [2.45, 2.75) is 6.10 Å². The van der Waals surface area contributed by atoms with Crippen LogP contribution in [-0.2, 0) is 14.3 Å². The predicted octanol–water partition coefficient (Wildman–Crippen LogP) is 0.318. The lowest BCUT2D eigenvalue weighted by Crippen LogP contribution is -2.07. The summed E-state index contributed by atoms with van der Waals surface area (Å²) in [4.78, 5) is 10.9. The van der Waals surface area contributed by atoms with Gasteiger partial charge >= 0.3 is 5.97 Å². The molecule has 0 bridgehead atoms. The van der Waals surface area contributed by atoms with Crippen LogP contribution in [0.2, 0.25) is 0 Å². The van der Waals surface area contributed by atoms with Gasteiger partial charge in [-0.05, 0) is 6.08 Å². The smallest absolute Gasteiger partial charge is 0.313 e. The average molecular weight is 140 g/mol. The molecular formula is C7H8O3. The van der Waals surface area contributed by atoms with E-state index in [9.17, 15) is 4.79 Å². The summed E-state index contributed by atoms with van der Waals surface area (Å²) in [7, 11) is 1.40. The largest absolute Gasteiger partial charge is 0.497 e. The Bertz CT molecular complexity index is 197. The number of fused-ring (bicyclic) bond motifs is 1. The van der Waals surface area contributed by atoms with Crippen LogP contribution in [0, 0.1) is 11.8 Å². The van der Waals surface area contributed by atoms with Crippen LogP contribution in [0.25, 0.3) is 0 Å². The highest BCUT2D eigenvalue weighted by Gasteiger charge is 2.58. The van der Waals surface area contributed by atoms with Crippen LogP contribution in [0.15, 0.2) is 12.3 Å². The second kappa shape index (κ2) is 1.75.